The fourth-order valence-corrected chi connectivity index (χ4v) is 7.46. The number of rotatable bonds is 2. The van der Waals surface area contributed by atoms with E-state index in [0.29, 0.717) is 0 Å². The predicted octanol–water partition coefficient (Wildman–Crippen LogP) is 0.365. The summed E-state index contributed by atoms with van der Waals surface area (Å²) in [5.74, 6) is 0. The van der Waals surface area contributed by atoms with E-state index in [4.69, 9.17) is 0 Å². The molecule has 0 atom stereocenters. The summed E-state index contributed by atoms with van der Waals surface area (Å²) >= 11 is 1.64. The zero-order valence-corrected chi connectivity index (χ0v) is 23.6. The predicted molar refractivity (Wildman–Crippen MR) is 137 cm³/mol. The molecule has 1 aliphatic carbocycles. The van der Waals surface area contributed by atoms with Gasteiger partial charge in [0.15, 0.2) is 0 Å². The van der Waals surface area contributed by atoms with Gasteiger partial charge in [-0.1, -0.05) is 36.4 Å². The number of fused-ring (bicyclic) bond motifs is 3. The maximum absolute atomic E-state index is 2.99. The Kier molecular flexibility index (Phi) is 12.4. The maximum atomic E-state index is 2.99. The standard InChI is InChI=1S/C13H9.C12H10Si.C5H5.2ClH.Zr/c1-3-7-12-10(5-1)9-11-6-2-4-8-13(11)12;1-3-7-11(8-4-1)13-12-9-5-2-6-10-12;1-2-4-5-3-1;;;/h1-9H;1-10H;1-3H,4H2;2*1H;/q-1;;-1;;;+2/p-2. The molecule has 6 rings (SSSR count). The van der Waals surface area contributed by atoms with Crippen molar-refractivity contribution in [3.05, 3.63) is 140 Å². The third-order valence-corrected chi connectivity index (χ3v) is 11.3. The van der Waals surface area contributed by atoms with Crippen LogP contribution in [0.1, 0.15) is 6.42 Å². The quantitative estimate of drug-likeness (QED) is 0.211. The van der Waals surface area contributed by atoms with E-state index in [9.17, 15) is 0 Å². The average molecular weight is 575 g/mol. The van der Waals surface area contributed by atoms with Crippen molar-refractivity contribution in [3.63, 3.8) is 0 Å². The summed E-state index contributed by atoms with van der Waals surface area (Å²) in [7, 11) is 0. The normalized spacial score (nSPS) is 10.9. The van der Waals surface area contributed by atoms with E-state index < -0.39 is 5.43 Å². The summed E-state index contributed by atoms with van der Waals surface area (Å²) < 4.78 is 0. The Bertz CT molecular complexity index is 1250. The summed E-state index contributed by atoms with van der Waals surface area (Å²) in [5.41, 5.74) is -0.455. The fraction of sp³-hybridized carbons (Fsp3) is 0.0333. The minimum Gasteiger partial charge on any atom is -0.126 e. The van der Waals surface area contributed by atoms with E-state index in [1.165, 1.54) is 31.9 Å². The van der Waals surface area contributed by atoms with E-state index in [1.54, 1.807) is 23.3 Å². The molecule has 0 heterocycles. The summed E-state index contributed by atoms with van der Waals surface area (Å²) in [5, 5.41) is 8.42. The van der Waals surface area contributed by atoms with Crippen molar-refractivity contribution in [2.75, 3.05) is 0 Å². The Labute approximate surface area is 230 Å². The second kappa shape index (κ2) is 15.0. The van der Waals surface area contributed by atoms with Crippen molar-refractivity contribution in [3.8, 4) is 0 Å². The third-order valence-electron chi connectivity index (χ3n) is 5.23. The minimum absolute atomic E-state index is 0. The number of benzene rings is 4. The van der Waals surface area contributed by atoms with Gasteiger partial charge in [0.05, 0.1) is 0 Å². The van der Waals surface area contributed by atoms with Crippen LogP contribution in [0.15, 0.2) is 133 Å². The number of hydrogen-bond acceptors (Lipinski definition) is 0. The fourth-order valence-electron chi connectivity index (χ4n) is 3.62. The van der Waals surface area contributed by atoms with Crippen LogP contribution in [-0.4, -0.2) is 5.43 Å². The van der Waals surface area contributed by atoms with Gasteiger partial charge in [0.1, 0.15) is 0 Å². The smallest absolute Gasteiger partial charge is 0.0771 e. The molecule has 0 fully saturated rings. The molecule has 5 aromatic carbocycles. The van der Waals surface area contributed by atoms with Crippen LogP contribution in [-0.2, 0) is 23.3 Å². The molecule has 168 valence electrons. The number of hydrogen-bond donors (Lipinski definition) is 0. The molecule has 0 bridgehead atoms. The maximum Gasteiger partial charge on any atom is -0.0771 e. The van der Waals surface area contributed by atoms with Gasteiger partial charge in [-0.25, -0.2) is 12.2 Å². The van der Waals surface area contributed by atoms with Crippen LogP contribution >= 0.6 is 0 Å². The van der Waals surface area contributed by atoms with Crippen molar-refractivity contribution in [2.45, 2.75) is 6.42 Å². The molecule has 0 radical (unpaired) electrons. The minimum atomic E-state index is -0.455. The zero-order valence-electron chi connectivity index (χ0n) is 18.7. The summed E-state index contributed by atoms with van der Waals surface area (Å²) in [6.45, 7) is 0. The third kappa shape index (κ3) is 7.72. The van der Waals surface area contributed by atoms with Crippen LogP contribution in [0, 0.1) is 6.08 Å². The topological polar surface area (TPSA) is 0 Å². The van der Waals surface area contributed by atoms with Crippen LogP contribution in [0.25, 0.3) is 21.5 Å². The first-order valence-corrected chi connectivity index (χ1v) is 16.0. The Morgan fingerprint density at radius 2 is 1.06 bits per heavy atom. The van der Waals surface area contributed by atoms with Gasteiger partial charge in [0.25, 0.3) is 0 Å². The van der Waals surface area contributed by atoms with E-state index in [0.717, 1.165) is 6.42 Å². The van der Waals surface area contributed by atoms with Crippen molar-refractivity contribution in [2.24, 2.45) is 0 Å². The van der Waals surface area contributed by atoms with Gasteiger partial charge in [-0.2, -0.15) is 6.08 Å². The van der Waals surface area contributed by atoms with Crippen LogP contribution < -0.4 is 35.2 Å². The molecular formula is C30H24Cl2SiZr-2. The van der Waals surface area contributed by atoms with Gasteiger partial charge in [-0.05, 0) is 0 Å². The first-order chi connectivity index (χ1) is 15.8. The van der Waals surface area contributed by atoms with Crippen molar-refractivity contribution in [1.82, 2.24) is 0 Å². The Morgan fingerprint density at radius 1 is 0.618 bits per heavy atom. The van der Waals surface area contributed by atoms with Crippen LogP contribution in [0.2, 0.25) is 0 Å². The summed E-state index contributed by atoms with van der Waals surface area (Å²) in [4.78, 5) is 0. The molecule has 34 heavy (non-hydrogen) atoms. The van der Waals surface area contributed by atoms with Gasteiger partial charge >= 0.3 is 99.8 Å². The van der Waals surface area contributed by atoms with Crippen LogP contribution in [0.3, 0.4) is 0 Å². The molecule has 0 saturated carbocycles. The van der Waals surface area contributed by atoms with E-state index in [2.05, 4.69) is 127 Å². The van der Waals surface area contributed by atoms with Crippen molar-refractivity contribution >= 4 is 37.4 Å². The first-order valence-electron chi connectivity index (χ1n) is 10.8. The largest absolute Gasteiger partial charge is 0.126 e. The Morgan fingerprint density at radius 3 is 1.44 bits per heavy atom. The molecule has 1 aliphatic rings. The van der Waals surface area contributed by atoms with Gasteiger partial charge in [-0.15, -0.1) is 46.2 Å². The SMILES string of the molecule is [C-]1=CC=CC1.[Cl-].[Cl-].[Zr+2]=[Si](c1ccccc1)c1ccccc1.c1ccc2c(c1)[cH-]c1ccccc12. The monoisotopic (exact) mass is 572 g/mol. The molecule has 0 amide bonds. The molecule has 0 nitrogen and oxygen atoms in total. The zero-order chi connectivity index (χ0) is 22.0. The molecule has 0 N–H and O–H groups in total. The van der Waals surface area contributed by atoms with Gasteiger partial charge < -0.3 is 24.8 Å². The van der Waals surface area contributed by atoms with Crippen molar-refractivity contribution in [1.29, 1.82) is 0 Å². The average Bonchev–Trinajstić information content (AvgIpc) is 3.57. The van der Waals surface area contributed by atoms with Gasteiger partial charge in [0.2, 0.25) is 0 Å². The molecule has 0 saturated heterocycles. The Hall–Kier alpha value is -2.09. The summed E-state index contributed by atoms with van der Waals surface area (Å²) in [6, 6.07) is 41.0. The molecule has 0 unspecified atom stereocenters. The second-order valence-electron chi connectivity index (χ2n) is 7.43. The van der Waals surface area contributed by atoms with Crippen molar-refractivity contribution < 1.29 is 48.1 Å². The first kappa shape index (κ1) is 28.1. The van der Waals surface area contributed by atoms with E-state index >= 15 is 0 Å². The molecule has 0 spiro atoms. The number of halogens is 2. The van der Waals surface area contributed by atoms with E-state index in [1.807, 2.05) is 12.2 Å². The molecule has 5 aromatic rings. The molecule has 0 aliphatic heterocycles. The van der Waals surface area contributed by atoms with Gasteiger partial charge in [-0.3, -0.25) is 6.08 Å². The Balaban J connectivity index is 0.000000191. The number of allylic oxidation sites excluding steroid dienone is 4. The molecule has 0 aromatic heterocycles. The summed E-state index contributed by atoms with van der Waals surface area (Å²) in [6.07, 6.45) is 10.0. The molecule has 4 heteroatoms. The van der Waals surface area contributed by atoms with E-state index in [-0.39, 0.29) is 24.8 Å². The van der Waals surface area contributed by atoms with Crippen LogP contribution in [0.4, 0.5) is 0 Å². The van der Waals surface area contributed by atoms with Crippen LogP contribution in [0.5, 0.6) is 0 Å². The second-order valence-corrected chi connectivity index (χ2v) is 13.0. The molecular weight excluding hydrogens is 551 g/mol. The van der Waals surface area contributed by atoms with Gasteiger partial charge in [0, 0.05) is 0 Å².